The van der Waals surface area contributed by atoms with Crippen LogP contribution in [0.15, 0.2) is 60.9 Å². The van der Waals surface area contributed by atoms with Crippen molar-refractivity contribution in [2.75, 3.05) is 5.32 Å². The second-order valence-corrected chi connectivity index (χ2v) is 4.34. The molecule has 0 atom stereocenters. The van der Waals surface area contributed by atoms with Gasteiger partial charge in [-0.05, 0) is 29.7 Å². The lowest BCUT2D eigenvalue weighted by Crippen LogP contribution is -2.13. The van der Waals surface area contributed by atoms with E-state index in [4.69, 9.17) is 0 Å². The standard InChI is InChI=1S/C16H11FN2O/c17-14-6-1-2-7-15(14)19-16(20)12-5-3-4-11-8-9-18-10-13(11)12/h1-10H,(H,19,20). The molecule has 0 fully saturated rings. The maximum absolute atomic E-state index is 13.6. The van der Waals surface area contributed by atoms with E-state index in [1.54, 1.807) is 36.7 Å². The number of anilines is 1. The van der Waals surface area contributed by atoms with Crippen LogP contribution < -0.4 is 5.32 Å². The Bertz CT molecular complexity index is 781. The number of amides is 1. The number of aromatic nitrogens is 1. The smallest absolute Gasteiger partial charge is 0.256 e. The van der Waals surface area contributed by atoms with Gasteiger partial charge in [-0.15, -0.1) is 0 Å². The zero-order chi connectivity index (χ0) is 13.9. The van der Waals surface area contributed by atoms with Gasteiger partial charge >= 0.3 is 0 Å². The van der Waals surface area contributed by atoms with Crippen LogP contribution in [0.3, 0.4) is 0 Å². The third-order valence-corrected chi connectivity index (χ3v) is 3.05. The molecular formula is C16H11FN2O. The molecule has 0 bridgehead atoms. The summed E-state index contributed by atoms with van der Waals surface area (Å²) in [6.07, 6.45) is 3.30. The summed E-state index contributed by atoms with van der Waals surface area (Å²) in [5, 5.41) is 4.23. The summed E-state index contributed by atoms with van der Waals surface area (Å²) in [5.41, 5.74) is 0.636. The van der Waals surface area contributed by atoms with E-state index >= 15 is 0 Å². The van der Waals surface area contributed by atoms with Crippen molar-refractivity contribution in [1.82, 2.24) is 4.98 Å². The Kier molecular flexibility index (Phi) is 3.13. The molecule has 2 aromatic carbocycles. The van der Waals surface area contributed by atoms with Crippen LogP contribution in [0.1, 0.15) is 10.4 Å². The van der Waals surface area contributed by atoms with E-state index in [-0.39, 0.29) is 11.6 Å². The Morgan fingerprint density at radius 3 is 2.75 bits per heavy atom. The number of hydrogen-bond donors (Lipinski definition) is 1. The van der Waals surface area contributed by atoms with E-state index in [0.29, 0.717) is 5.56 Å². The van der Waals surface area contributed by atoms with E-state index in [2.05, 4.69) is 10.3 Å². The summed E-state index contributed by atoms with van der Waals surface area (Å²) in [4.78, 5) is 16.3. The first-order valence-electron chi connectivity index (χ1n) is 6.14. The lowest BCUT2D eigenvalue weighted by Gasteiger charge is -2.08. The summed E-state index contributed by atoms with van der Waals surface area (Å²) < 4.78 is 13.6. The lowest BCUT2D eigenvalue weighted by molar-refractivity contribution is 0.102. The molecule has 1 aromatic heterocycles. The van der Waals surface area contributed by atoms with Gasteiger partial charge in [0.05, 0.1) is 5.69 Å². The molecule has 4 heteroatoms. The van der Waals surface area contributed by atoms with Crippen LogP contribution in [0, 0.1) is 5.82 Å². The van der Waals surface area contributed by atoms with Crippen LogP contribution in [-0.4, -0.2) is 10.9 Å². The number of nitrogens with one attached hydrogen (secondary N) is 1. The van der Waals surface area contributed by atoms with Crippen molar-refractivity contribution in [2.24, 2.45) is 0 Å². The summed E-state index contributed by atoms with van der Waals surface area (Å²) in [7, 11) is 0. The highest BCUT2D eigenvalue weighted by Gasteiger charge is 2.11. The first kappa shape index (κ1) is 12.3. The molecule has 3 aromatic rings. The highest BCUT2D eigenvalue weighted by Crippen LogP contribution is 2.20. The maximum atomic E-state index is 13.6. The third-order valence-electron chi connectivity index (χ3n) is 3.05. The first-order valence-corrected chi connectivity index (χ1v) is 6.14. The van der Waals surface area contributed by atoms with Gasteiger partial charge in [0.15, 0.2) is 0 Å². The predicted octanol–water partition coefficient (Wildman–Crippen LogP) is 3.63. The molecule has 3 rings (SSSR count). The maximum Gasteiger partial charge on any atom is 0.256 e. The van der Waals surface area contributed by atoms with Gasteiger partial charge in [0.25, 0.3) is 5.91 Å². The number of fused-ring (bicyclic) bond motifs is 1. The summed E-state index contributed by atoms with van der Waals surface area (Å²) in [5.74, 6) is -0.812. The minimum atomic E-state index is -0.459. The van der Waals surface area contributed by atoms with E-state index in [1.807, 2.05) is 12.1 Å². The molecular weight excluding hydrogens is 255 g/mol. The van der Waals surface area contributed by atoms with Crippen molar-refractivity contribution < 1.29 is 9.18 Å². The number of benzene rings is 2. The van der Waals surface area contributed by atoms with E-state index < -0.39 is 5.82 Å². The number of pyridine rings is 1. The fourth-order valence-corrected chi connectivity index (χ4v) is 2.06. The minimum Gasteiger partial charge on any atom is -0.319 e. The molecule has 1 heterocycles. The second kappa shape index (κ2) is 5.09. The molecule has 3 nitrogen and oxygen atoms in total. The highest BCUT2D eigenvalue weighted by atomic mass is 19.1. The Balaban J connectivity index is 1.99. The van der Waals surface area contributed by atoms with Crippen LogP contribution in [0.4, 0.5) is 10.1 Å². The SMILES string of the molecule is O=C(Nc1ccccc1F)c1cccc2ccncc12. The molecule has 0 radical (unpaired) electrons. The van der Waals surface area contributed by atoms with Crippen molar-refractivity contribution >= 4 is 22.4 Å². The van der Waals surface area contributed by atoms with Gasteiger partial charge in [0.1, 0.15) is 5.82 Å². The third kappa shape index (κ3) is 2.23. The summed E-state index contributed by atoms with van der Waals surface area (Å²) in [6, 6.07) is 13.3. The summed E-state index contributed by atoms with van der Waals surface area (Å²) >= 11 is 0. The normalized spacial score (nSPS) is 10.4. The number of nitrogens with zero attached hydrogens (tertiary/aromatic N) is 1. The first-order chi connectivity index (χ1) is 9.75. The Morgan fingerprint density at radius 1 is 1.05 bits per heavy atom. The Hall–Kier alpha value is -2.75. The number of para-hydroxylation sites is 1. The van der Waals surface area contributed by atoms with Crippen LogP contribution in [0.25, 0.3) is 10.8 Å². The molecule has 0 saturated carbocycles. The zero-order valence-corrected chi connectivity index (χ0v) is 10.5. The molecule has 1 amide bonds. The lowest BCUT2D eigenvalue weighted by atomic mass is 10.1. The average Bonchev–Trinajstić information content (AvgIpc) is 2.49. The fourth-order valence-electron chi connectivity index (χ4n) is 2.06. The van der Waals surface area contributed by atoms with Gasteiger partial charge in [-0.25, -0.2) is 4.39 Å². The van der Waals surface area contributed by atoms with Crippen LogP contribution in [-0.2, 0) is 0 Å². The van der Waals surface area contributed by atoms with Crippen molar-refractivity contribution in [3.63, 3.8) is 0 Å². The highest BCUT2D eigenvalue weighted by molar-refractivity contribution is 6.12. The van der Waals surface area contributed by atoms with Crippen LogP contribution in [0.2, 0.25) is 0 Å². The average molecular weight is 266 g/mol. The largest absolute Gasteiger partial charge is 0.319 e. The number of hydrogen-bond acceptors (Lipinski definition) is 2. The van der Waals surface area contributed by atoms with E-state index in [9.17, 15) is 9.18 Å². The van der Waals surface area contributed by atoms with Crippen molar-refractivity contribution in [2.45, 2.75) is 0 Å². The monoisotopic (exact) mass is 266 g/mol. The van der Waals surface area contributed by atoms with Gasteiger partial charge in [0.2, 0.25) is 0 Å². The van der Waals surface area contributed by atoms with Gasteiger partial charge in [-0.3, -0.25) is 9.78 Å². The Labute approximate surface area is 115 Å². The van der Waals surface area contributed by atoms with E-state index in [0.717, 1.165) is 10.8 Å². The molecule has 98 valence electrons. The zero-order valence-electron chi connectivity index (χ0n) is 10.5. The van der Waals surface area contributed by atoms with Gasteiger partial charge < -0.3 is 5.32 Å². The number of carbonyl (C=O) groups is 1. The van der Waals surface area contributed by atoms with Crippen LogP contribution >= 0.6 is 0 Å². The molecule has 20 heavy (non-hydrogen) atoms. The van der Waals surface area contributed by atoms with Gasteiger partial charge in [0, 0.05) is 23.3 Å². The van der Waals surface area contributed by atoms with Crippen LogP contribution in [0.5, 0.6) is 0 Å². The molecule has 0 aliphatic heterocycles. The van der Waals surface area contributed by atoms with E-state index in [1.165, 1.54) is 12.1 Å². The van der Waals surface area contributed by atoms with Crippen molar-refractivity contribution in [3.8, 4) is 0 Å². The minimum absolute atomic E-state index is 0.165. The van der Waals surface area contributed by atoms with Gasteiger partial charge in [-0.2, -0.15) is 0 Å². The number of halogens is 1. The van der Waals surface area contributed by atoms with Crippen molar-refractivity contribution in [3.05, 3.63) is 72.3 Å². The quantitative estimate of drug-likeness (QED) is 0.769. The number of rotatable bonds is 2. The Morgan fingerprint density at radius 2 is 1.90 bits per heavy atom. The second-order valence-electron chi connectivity index (χ2n) is 4.34. The molecule has 0 unspecified atom stereocenters. The molecule has 0 aliphatic rings. The number of carbonyl (C=O) groups excluding carboxylic acids is 1. The molecule has 1 N–H and O–H groups in total. The topological polar surface area (TPSA) is 42.0 Å². The summed E-state index contributed by atoms with van der Waals surface area (Å²) in [6.45, 7) is 0. The fraction of sp³-hybridized carbons (Fsp3) is 0. The predicted molar refractivity (Wildman–Crippen MR) is 76.1 cm³/mol. The molecule has 0 aliphatic carbocycles. The van der Waals surface area contributed by atoms with Gasteiger partial charge in [-0.1, -0.05) is 24.3 Å². The molecule has 0 saturated heterocycles. The van der Waals surface area contributed by atoms with Crippen molar-refractivity contribution in [1.29, 1.82) is 0 Å². The molecule has 0 spiro atoms.